The number of anilines is 2. The van der Waals surface area contributed by atoms with E-state index in [1.54, 1.807) is 6.21 Å². The van der Waals surface area contributed by atoms with E-state index in [1.165, 1.54) is 5.69 Å². The predicted octanol–water partition coefficient (Wildman–Crippen LogP) is 6.24. The molecule has 0 amide bonds. The SMILES string of the molecule is CCN(CC)c1ccc(C=NNc2nc(-c3ccc(Cl)cc3)c3ccccc3n2)cc1. The molecular weight excluding hydrogens is 406 g/mol. The van der Waals surface area contributed by atoms with E-state index in [2.05, 4.69) is 58.5 Å². The first-order valence-electron chi connectivity index (χ1n) is 10.3. The van der Waals surface area contributed by atoms with E-state index in [0.717, 1.165) is 40.8 Å². The predicted molar refractivity (Wildman–Crippen MR) is 131 cm³/mol. The molecule has 6 heteroatoms. The standard InChI is InChI=1S/C25H24ClN5/c1-3-31(4-2)21-15-9-18(10-16-21)17-27-30-25-28-23-8-6-5-7-22(23)24(29-25)19-11-13-20(26)14-12-19/h5-17H,3-4H2,1-2H3,(H,28,29,30). The van der Waals surface area contributed by atoms with Gasteiger partial charge in [0, 0.05) is 34.7 Å². The average Bonchev–Trinajstić information content (AvgIpc) is 2.81. The second-order valence-electron chi connectivity index (χ2n) is 7.05. The zero-order valence-corrected chi connectivity index (χ0v) is 18.3. The van der Waals surface area contributed by atoms with Crippen LogP contribution in [0.25, 0.3) is 22.2 Å². The fraction of sp³-hybridized carbons (Fsp3) is 0.160. The van der Waals surface area contributed by atoms with E-state index in [1.807, 2.05) is 48.5 Å². The number of nitrogens with zero attached hydrogens (tertiary/aromatic N) is 4. The molecule has 0 spiro atoms. The molecule has 156 valence electrons. The van der Waals surface area contributed by atoms with E-state index in [0.29, 0.717) is 11.0 Å². The maximum atomic E-state index is 6.05. The molecule has 0 aliphatic carbocycles. The highest BCUT2D eigenvalue weighted by molar-refractivity contribution is 6.30. The van der Waals surface area contributed by atoms with Crippen molar-refractivity contribution >= 4 is 40.4 Å². The van der Waals surface area contributed by atoms with Crippen LogP contribution in [0.3, 0.4) is 0 Å². The maximum absolute atomic E-state index is 6.05. The molecule has 1 N–H and O–H groups in total. The summed E-state index contributed by atoms with van der Waals surface area (Å²) in [5.74, 6) is 0.444. The van der Waals surface area contributed by atoms with Gasteiger partial charge >= 0.3 is 0 Å². The number of rotatable bonds is 7. The number of aromatic nitrogens is 2. The second-order valence-corrected chi connectivity index (χ2v) is 7.49. The Bertz CT molecular complexity index is 1180. The molecule has 5 nitrogen and oxygen atoms in total. The molecule has 0 aliphatic heterocycles. The van der Waals surface area contributed by atoms with E-state index >= 15 is 0 Å². The van der Waals surface area contributed by atoms with Gasteiger partial charge in [-0.2, -0.15) is 5.10 Å². The Kier molecular flexibility index (Phi) is 6.43. The molecule has 0 bridgehead atoms. The third-order valence-corrected chi connectivity index (χ3v) is 5.37. The number of para-hydroxylation sites is 1. The lowest BCUT2D eigenvalue weighted by atomic mass is 10.1. The summed E-state index contributed by atoms with van der Waals surface area (Å²) in [6.07, 6.45) is 1.77. The van der Waals surface area contributed by atoms with Gasteiger partial charge in [0.2, 0.25) is 5.95 Å². The van der Waals surface area contributed by atoms with Crippen molar-refractivity contribution in [2.75, 3.05) is 23.4 Å². The van der Waals surface area contributed by atoms with Crippen LogP contribution in [0.2, 0.25) is 5.02 Å². The Hall–Kier alpha value is -3.44. The van der Waals surface area contributed by atoms with Gasteiger partial charge in [0.25, 0.3) is 0 Å². The van der Waals surface area contributed by atoms with Crippen molar-refractivity contribution in [2.45, 2.75) is 13.8 Å². The largest absolute Gasteiger partial charge is 0.372 e. The minimum absolute atomic E-state index is 0.444. The smallest absolute Gasteiger partial charge is 0.244 e. The summed E-state index contributed by atoms with van der Waals surface area (Å²) in [7, 11) is 0. The van der Waals surface area contributed by atoms with E-state index < -0.39 is 0 Å². The van der Waals surface area contributed by atoms with E-state index in [-0.39, 0.29) is 0 Å². The van der Waals surface area contributed by atoms with E-state index in [9.17, 15) is 0 Å². The van der Waals surface area contributed by atoms with Crippen molar-refractivity contribution in [1.82, 2.24) is 9.97 Å². The highest BCUT2D eigenvalue weighted by atomic mass is 35.5. The molecule has 4 aromatic rings. The molecule has 1 heterocycles. The molecule has 0 unspecified atom stereocenters. The lowest BCUT2D eigenvalue weighted by molar-refractivity contribution is 0.866. The van der Waals surface area contributed by atoms with Crippen LogP contribution in [-0.2, 0) is 0 Å². The van der Waals surface area contributed by atoms with Crippen molar-refractivity contribution in [3.05, 3.63) is 83.4 Å². The first kappa shape index (κ1) is 20.8. The van der Waals surface area contributed by atoms with Crippen LogP contribution >= 0.6 is 11.6 Å². The van der Waals surface area contributed by atoms with Gasteiger partial charge < -0.3 is 4.90 Å². The van der Waals surface area contributed by atoms with Crippen LogP contribution < -0.4 is 10.3 Å². The summed E-state index contributed by atoms with van der Waals surface area (Å²) in [4.78, 5) is 11.6. The lowest BCUT2D eigenvalue weighted by Crippen LogP contribution is -2.21. The van der Waals surface area contributed by atoms with Crippen molar-refractivity contribution in [1.29, 1.82) is 0 Å². The number of benzene rings is 3. The second kappa shape index (κ2) is 9.58. The first-order valence-corrected chi connectivity index (χ1v) is 10.7. The minimum atomic E-state index is 0.444. The molecule has 0 aliphatic rings. The zero-order chi connectivity index (χ0) is 21.6. The van der Waals surface area contributed by atoms with Crippen molar-refractivity contribution < 1.29 is 0 Å². The molecule has 31 heavy (non-hydrogen) atoms. The van der Waals surface area contributed by atoms with Crippen molar-refractivity contribution in [3.8, 4) is 11.3 Å². The van der Waals surface area contributed by atoms with Gasteiger partial charge in [-0.25, -0.2) is 15.4 Å². The van der Waals surface area contributed by atoms with Crippen LogP contribution in [0, 0.1) is 0 Å². The fourth-order valence-electron chi connectivity index (χ4n) is 3.48. The highest BCUT2D eigenvalue weighted by Crippen LogP contribution is 2.28. The minimum Gasteiger partial charge on any atom is -0.372 e. The summed E-state index contributed by atoms with van der Waals surface area (Å²) in [5.41, 5.74) is 7.85. The van der Waals surface area contributed by atoms with Gasteiger partial charge in [-0.15, -0.1) is 0 Å². The number of nitrogens with one attached hydrogen (secondary N) is 1. The summed E-state index contributed by atoms with van der Waals surface area (Å²) in [5, 5.41) is 6.02. The normalized spacial score (nSPS) is 11.2. The Labute approximate surface area is 187 Å². The Morgan fingerprint density at radius 2 is 1.61 bits per heavy atom. The van der Waals surface area contributed by atoms with Crippen molar-refractivity contribution in [2.24, 2.45) is 5.10 Å². The number of halogens is 1. The number of hydrazone groups is 1. The summed E-state index contributed by atoms with van der Waals surface area (Å²) < 4.78 is 0. The Morgan fingerprint density at radius 1 is 0.903 bits per heavy atom. The molecule has 0 saturated carbocycles. The number of hydrogen-bond acceptors (Lipinski definition) is 5. The van der Waals surface area contributed by atoms with Crippen LogP contribution in [0.15, 0.2) is 77.9 Å². The summed E-state index contributed by atoms with van der Waals surface area (Å²) in [6, 6.07) is 23.9. The van der Waals surface area contributed by atoms with Gasteiger partial charge in [-0.1, -0.05) is 54.1 Å². The topological polar surface area (TPSA) is 53.4 Å². The third kappa shape index (κ3) is 4.84. The van der Waals surface area contributed by atoms with Gasteiger partial charge in [0.1, 0.15) is 0 Å². The molecule has 4 rings (SSSR count). The first-order chi connectivity index (χ1) is 15.2. The molecule has 0 radical (unpaired) electrons. The summed E-state index contributed by atoms with van der Waals surface area (Å²) in [6.45, 7) is 6.29. The fourth-order valence-corrected chi connectivity index (χ4v) is 3.60. The van der Waals surface area contributed by atoms with Gasteiger partial charge in [-0.05, 0) is 49.7 Å². The third-order valence-electron chi connectivity index (χ3n) is 5.12. The van der Waals surface area contributed by atoms with Crippen LogP contribution in [0.5, 0.6) is 0 Å². The van der Waals surface area contributed by atoms with Gasteiger partial charge in [-0.3, -0.25) is 0 Å². The zero-order valence-electron chi connectivity index (χ0n) is 17.6. The van der Waals surface area contributed by atoms with Crippen molar-refractivity contribution in [3.63, 3.8) is 0 Å². The maximum Gasteiger partial charge on any atom is 0.244 e. The molecular formula is C25H24ClN5. The highest BCUT2D eigenvalue weighted by Gasteiger charge is 2.09. The van der Waals surface area contributed by atoms with Gasteiger partial charge in [0.15, 0.2) is 0 Å². The quantitative estimate of drug-likeness (QED) is 0.279. The molecule has 1 aromatic heterocycles. The molecule has 0 atom stereocenters. The Balaban J connectivity index is 1.58. The molecule has 0 fully saturated rings. The van der Waals surface area contributed by atoms with Crippen LogP contribution in [0.4, 0.5) is 11.6 Å². The molecule has 0 saturated heterocycles. The Morgan fingerprint density at radius 3 is 2.32 bits per heavy atom. The lowest BCUT2D eigenvalue weighted by Gasteiger charge is -2.20. The van der Waals surface area contributed by atoms with Crippen LogP contribution in [-0.4, -0.2) is 29.3 Å². The monoisotopic (exact) mass is 429 g/mol. The average molecular weight is 430 g/mol. The van der Waals surface area contributed by atoms with Crippen LogP contribution in [0.1, 0.15) is 19.4 Å². The van der Waals surface area contributed by atoms with Gasteiger partial charge in [0.05, 0.1) is 17.4 Å². The van der Waals surface area contributed by atoms with E-state index in [4.69, 9.17) is 16.6 Å². The number of hydrogen-bond donors (Lipinski definition) is 1. The number of fused-ring (bicyclic) bond motifs is 1. The summed E-state index contributed by atoms with van der Waals surface area (Å²) >= 11 is 6.05. The molecule has 3 aromatic carbocycles.